The number of carbonyl (C=O) groups excluding carboxylic acids is 2. The molecule has 104 valence electrons. The SMILES string of the molecule is COC(=O)CCCN(C)C(=O)c1cc(Cl)ccc1Cl. The Morgan fingerprint density at radius 3 is 2.63 bits per heavy atom. The summed E-state index contributed by atoms with van der Waals surface area (Å²) in [5, 5.41) is 0.810. The van der Waals surface area contributed by atoms with Gasteiger partial charge in [-0.3, -0.25) is 9.59 Å². The summed E-state index contributed by atoms with van der Waals surface area (Å²) in [6, 6.07) is 4.74. The van der Waals surface area contributed by atoms with Crippen LogP contribution >= 0.6 is 23.2 Å². The largest absolute Gasteiger partial charge is 0.469 e. The molecule has 19 heavy (non-hydrogen) atoms. The van der Waals surface area contributed by atoms with Gasteiger partial charge in [-0.05, 0) is 24.6 Å². The third-order valence-corrected chi connectivity index (χ3v) is 3.17. The van der Waals surface area contributed by atoms with E-state index in [0.717, 1.165) is 0 Å². The van der Waals surface area contributed by atoms with Crippen molar-refractivity contribution in [3.63, 3.8) is 0 Å². The summed E-state index contributed by atoms with van der Waals surface area (Å²) < 4.78 is 4.53. The summed E-state index contributed by atoms with van der Waals surface area (Å²) in [5.74, 6) is -0.515. The van der Waals surface area contributed by atoms with Gasteiger partial charge >= 0.3 is 5.97 Å². The van der Waals surface area contributed by atoms with Gasteiger partial charge in [0.25, 0.3) is 5.91 Å². The molecule has 4 nitrogen and oxygen atoms in total. The highest BCUT2D eigenvalue weighted by Gasteiger charge is 2.15. The summed E-state index contributed by atoms with van der Waals surface area (Å²) in [4.78, 5) is 24.6. The quantitative estimate of drug-likeness (QED) is 0.786. The molecule has 0 heterocycles. The van der Waals surface area contributed by atoms with Crippen LogP contribution in [0.5, 0.6) is 0 Å². The molecule has 0 aliphatic carbocycles. The topological polar surface area (TPSA) is 46.6 Å². The fourth-order valence-electron chi connectivity index (χ4n) is 1.53. The van der Waals surface area contributed by atoms with Crippen molar-refractivity contribution >= 4 is 35.1 Å². The maximum Gasteiger partial charge on any atom is 0.305 e. The molecule has 0 unspecified atom stereocenters. The summed E-state index contributed by atoms with van der Waals surface area (Å²) in [5.41, 5.74) is 0.356. The third kappa shape index (κ3) is 4.73. The van der Waals surface area contributed by atoms with Crippen molar-refractivity contribution in [2.45, 2.75) is 12.8 Å². The van der Waals surface area contributed by atoms with E-state index in [1.54, 1.807) is 19.2 Å². The molecule has 0 fully saturated rings. The first-order valence-corrected chi connectivity index (χ1v) is 6.48. The molecule has 0 spiro atoms. The first kappa shape index (κ1) is 15.8. The fourth-order valence-corrected chi connectivity index (χ4v) is 1.90. The fraction of sp³-hybridized carbons (Fsp3) is 0.385. The maximum absolute atomic E-state index is 12.1. The van der Waals surface area contributed by atoms with Crippen molar-refractivity contribution in [3.05, 3.63) is 33.8 Å². The van der Waals surface area contributed by atoms with Crippen LogP contribution < -0.4 is 0 Å². The van der Waals surface area contributed by atoms with Crippen LogP contribution in [0.1, 0.15) is 23.2 Å². The Hall–Kier alpha value is -1.26. The molecule has 1 aromatic rings. The Labute approximate surface area is 122 Å². The molecule has 1 amide bonds. The third-order valence-electron chi connectivity index (χ3n) is 2.61. The molecule has 1 aromatic carbocycles. The minimum absolute atomic E-state index is 0.225. The summed E-state index contributed by atoms with van der Waals surface area (Å²) >= 11 is 11.8. The van der Waals surface area contributed by atoms with Crippen LogP contribution in [-0.2, 0) is 9.53 Å². The second-order valence-corrected chi connectivity index (χ2v) is 4.87. The molecular weight excluding hydrogens is 289 g/mol. The Morgan fingerprint density at radius 1 is 1.32 bits per heavy atom. The molecule has 0 atom stereocenters. The molecule has 0 N–H and O–H groups in total. The second-order valence-electron chi connectivity index (χ2n) is 4.03. The normalized spacial score (nSPS) is 10.1. The molecule has 0 saturated heterocycles. The number of nitrogens with zero attached hydrogens (tertiary/aromatic N) is 1. The molecule has 0 saturated carbocycles. The van der Waals surface area contributed by atoms with E-state index in [1.807, 2.05) is 0 Å². The van der Waals surface area contributed by atoms with Crippen molar-refractivity contribution in [2.24, 2.45) is 0 Å². The van der Waals surface area contributed by atoms with Gasteiger partial charge in [0, 0.05) is 25.0 Å². The van der Waals surface area contributed by atoms with Crippen molar-refractivity contribution in [1.29, 1.82) is 0 Å². The Balaban J connectivity index is 2.61. The molecule has 6 heteroatoms. The minimum Gasteiger partial charge on any atom is -0.469 e. The number of ether oxygens (including phenoxy) is 1. The molecule has 0 bridgehead atoms. The molecule has 1 rings (SSSR count). The zero-order chi connectivity index (χ0) is 14.4. The van der Waals surface area contributed by atoms with E-state index in [1.165, 1.54) is 18.1 Å². The summed E-state index contributed by atoms with van der Waals surface area (Å²) in [6.07, 6.45) is 0.810. The van der Waals surface area contributed by atoms with Gasteiger partial charge in [0.1, 0.15) is 0 Å². The van der Waals surface area contributed by atoms with Crippen LogP contribution in [0.2, 0.25) is 10.0 Å². The summed E-state index contributed by atoms with van der Waals surface area (Å²) in [7, 11) is 2.99. The maximum atomic E-state index is 12.1. The minimum atomic E-state index is -0.290. The van der Waals surface area contributed by atoms with Gasteiger partial charge in [0.15, 0.2) is 0 Å². The van der Waals surface area contributed by atoms with E-state index in [4.69, 9.17) is 23.2 Å². The zero-order valence-corrected chi connectivity index (χ0v) is 12.3. The van der Waals surface area contributed by atoms with E-state index in [0.29, 0.717) is 28.6 Å². The molecule has 0 aromatic heterocycles. The lowest BCUT2D eigenvalue weighted by Crippen LogP contribution is -2.28. The number of halogens is 2. The van der Waals surface area contributed by atoms with Crippen LogP contribution in [-0.4, -0.2) is 37.5 Å². The Kier molecular flexibility index (Phi) is 6.12. The van der Waals surface area contributed by atoms with Crippen LogP contribution in [0.25, 0.3) is 0 Å². The lowest BCUT2D eigenvalue weighted by atomic mass is 10.2. The number of hydrogen-bond acceptors (Lipinski definition) is 3. The van der Waals surface area contributed by atoms with Crippen molar-refractivity contribution in [1.82, 2.24) is 4.90 Å². The van der Waals surface area contributed by atoms with Gasteiger partial charge in [0.05, 0.1) is 17.7 Å². The van der Waals surface area contributed by atoms with E-state index in [-0.39, 0.29) is 18.3 Å². The number of benzene rings is 1. The van der Waals surface area contributed by atoms with Gasteiger partial charge in [-0.2, -0.15) is 0 Å². The lowest BCUT2D eigenvalue weighted by Gasteiger charge is -2.17. The van der Waals surface area contributed by atoms with Crippen molar-refractivity contribution in [2.75, 3.05) is 20.7 Å². The predicted molar refractivity (Wildman–Crippen MR) is 74.7 cm³/mol. The van der Waals surface area contributed by atoms with Crippen LogP contribution in [0.3, 0.4) is 0 Å². The van der Waals surface area contributed by atoms with Crippen molar-refractivity contribution in [3.8, 4) is 0 Å². The highest BCUT2D eigenvalue weighted by atomic mass is 35.5. The van der Waals surface area contributed by atoms with Gasteiger partial charge in [0.2, 0.25) is 0 Å². The van der Waals surface area contributed by atoms with E-state index >= 15 is 0 Å². The van der Waals surface area contributed by atoms with Crippen LogP contribution in [0.4, 0.5) is 0 Å². The van der Waals surface area contributed by atoms with Gasteiger partial charge in [-0.1, -0.05) is 23.2 Å². The molecule has 0 radical (unpaired) electrons. The van der Waals surface area contributed by atoms with Crippen molar-refractivity contribution < 1.29 is 14.3 Å². The highest BCUT2D eigenvalue weighted by molar-refractivity contribution is 6.35. The molecular formula is C13H15Cl2NO3. The number of amides is 1. The second kappa shape index (κ2) is 7.36. The summed E-state index contributed by atoms with van der Waals surface area (Å²) in [6.45, 7) is 0.441. The average molecular weight is 304 g/mol. The number of hydrogen-bond donors (Lipinski definition) is 0. The van der Waals surface area contributed by atoms with E-state index < -0.39 is 0 Å². The number of esters is 1. The Bertz CT molecular complexity index is 477. The Morgan fingerprint density at radius 2 is 2.00 bits per heavy atom. The van der Waals surface area contributed by atoms with Gasteiger partial charge in [-0.25, -0.2) is 0 Å². The zero-order valence-electron chi connectivity index (χ0n) is 10.8. The monoisotopic (exact) mass is 303 g/mol. The van der Waals surface area contributed by atoms with E-state index in [2.05, 4.69) is 4.74 Å². The number of rotatable bonds is 5. The highest BCUT2D eigenvalue weighted by Crippen LogP contribution is 2.21. The first-order valence-electron chi connectivity index (χ1n) is 5.73. The number of methoxy groups -OCH3 is 1. The predicted octanol–water partition coefficient (Wildman–Crippen LogP) is 3.02. The standard InChI is InChI=1S/C13H15Cl2NO3/c1-16(7-3-4-12(17)19-2)13(18)10-8-9(14)5-6-11(10)15/h5-6,8H,3-4,7H2,1-2H3. The van der Waals surface area contributed by atoms with Crippen LogP contribution in [0, 0.1) is 0 Å². The van der Waals surface area contributed by atoms with Gasteiger partial charge < -0.3 is 9.64 Å². The number of carbonyl (C=O) groups is 2. The molecule has 0 aliphatic heterocycles. The van der Waals surface area contributed by atoms with E-state index in [9.17, 15) is 9.59 Å². The average Bonchev–Trinajstić information content (AvgIpc) is 2.40. The molecule has 0 aliphatic rings. The first-order chi connectivity index (χ1) is 8.95. The lowest BCUT2D eigenvalue weighted by molar-refractivity contribution is -0.140. The smallest absolute Gasteiger partial charge is 0.305 e. The van der Waals surface area contributed by atoms with Crippen LogP contribution in [0.15, 0.2) is 18.2 Å². The van der Waals surface area contributed by atoms with Gasteiger partial charge in [-0.15, -0.1) is 0 Å².